The molecular formula is C10H13Cl2N3O2S. The van der Waals surface area contributed by atoms with Crippen LogP contribution in [0.2, 0.25) is 10.2 Å². The Balaban J connectivity index is 2.72. The number of hydrogen-bond acceptors (Lipinski definition) is 4. The minimum Gasteiger partial charge on any atom is -0.336 e. The number of rotatable bonds is 5. The molecule has 1 aromatic rings. The largest absolute Gasteiger partial charge is 0.336 e. The van der Waals surface area contributed by atoms with Crippen LogP contribution in [-0.4, -0.2) is 22.4 Å². The number of nitrogens with one attached hydrogen (secondary N) is 2. The van der Waals surface area contributed by atoms with Gasteiger partial charge >= 0.3 is 0 Å². The second-order valence-electron chi connectivity index (χ2n) is 3.63. The summed E-state index contributed by atoms with van der Waals surface area (Å²) in [5.41, 5.74) is 0. The third-order valence-electron chi connectivity index (χ3n) is 2.06. The van der Waals surface area contributed by atoms with Crippen molar-refractivity contribution < 1.29 is 9.59 Å². The van der Waals surface area contributed by atoms with Crippen molar-refractivity contribution in [3.8, 4) is 0 Å². The van der Waals surface area contributed by atoms with Gasteiger partial charge in [-0.1, -0.05) is 36.5 Å². The molecular weight excluding hydrogens is 297 g/mol. The summed E-state index contributed by atoms with van der Waals surface area (Å²) in [6, 6.07) is 0. The number of amides is 2. The van der Waals surface area contributed by atoms with Gasteiger partial charge in [0.05, 0.1) is 0 Å². The summed E-state index contributed by atoms with van der Waals surface area (Å²) >= 11 is 12.4. The summed E-state index contributed by atoms with van der Waals surface area (Å²) in [5.74, 6) is -0.598. The number of carbonyl (C=O) groups excluding carboxylic acids is 2. The van der Waals surface area contributed by atoms with Crippen LogP contribution >= 0.6 is 34.7 Å². The third-order valence-corrected chi connectivity index (χ3v) is 3.86. The average molecular weight is 310 g/mol. The van der Waals surface area contributed by atoms with Crippen LogP contribution < -0.4 is 10.6 Å². The molecule has 8 heteroatoms. The van der Waals surface area contributed by atoms with Gasteiger partial charge in [0, 0.05) is 6.92 Å². The van der Waals surface area contributed by atoms with Crippen molar-refractivity contribution in [2.24, 2.45) is 0 Å². The Bertz CT molecular complexity index is 450. The zero-order valence-electron chi connectivity index (χ0n) is 9.92. The smallest absolute Gasteiger partial charge is 0.266 e. The van der Waals surface area contributed by atoms with Crippen LogP contribution in [0.3, 0.4) is 0 Å². The van der Waals surface area contributed by atoms with Crippen LogP contribution in [0.5, 0.6) is 0 Å². The van der Waals surface area contributed by atoms with Crippen LogP contribution in [0.25, 0.3) is 0 Å². The highest BCUT2D eigenvalue weighted by Gasteiger charge is 2.20. The van der Waals surface area contributed by atoms with Crippen molar-refractivity contribution in [2.75, 3.05) is 0 Å². The molecule has 0 fully saturated rings. The fourth-order valence-electron chi connectivity index (χ4n) is 1.34. The molecule has 0 aliphatic heterocycles. The van der Waals surface area contributed by atoms with Crippen molar-refractivity contribution in [1.82, 2.24) is 15.0 Å². The Morgan fingerprint density at radius 3 is 2.50 bits per heavy atom. The van der Waals surface area contributed by atoms with Crippen molar-refractivity contribution in [3.63, 3.8) is 0 Å². The molecule has 0 saturated carbocycles. The fourth-order valence-corrected chi connectivity index (χ4v) is 2.46. The molecule has 1 rings (SSSR count). The first-order valence-corrected chi connectivity index (χ1v) is 6.87. The maximum Gasteiger partial charge on any atom is 0.266 e. The van der Waals surface area contributed by atoms with Crippen LogP contribution in [0.4, 0.5) is 0 Å². The Morgan fingerprint density at radius 2 is 2.06 bits per heavy atom. The molecule has 1 heterocycles. The van der Waals surface area contributed by atoms with Gasteiger partial charge in [-0.2, -0.15) is 4.37 Å². The topological polar surface area (TPSA) is 71.1 Å². The molecule has 2 N–H and O–H groups in total. The van der Waals surface area contributed by atoms with Gasteiger partial charge < -0.3 is 10.6 Å². The van der Waals surface area contributed by atoms with E-state index < -0.39 is 12.1 Å². The molecule has 0 aliphatic rings. The van der Waals surface area contributed by atoms with Gasteiger partial charge in [-0.25, -0.2) is 0 Å². The molecule has 1 atom stereocenters. The number of nitrogens with zero attached hydrogens (tertiary/aromatic N) is 1. The summed E-state index contributed by atoms with van der Waals surface area (Å²) in [5, 5.41) is 5.57. The molecule has 0 saturated heterocycles. The van der Waals surface area contributed by atoms with Gasteiger partial charge in [-0.05, 0) is 18.0 Å². The van der Waals surface area contributed by atoms with Crippen molar-refractivity contribution in [3.05, 3.63) is 15.1 Å². The van der Waals surface area contributed by atoms with Crippen LogP contribution in [0.1, 0.15) is 36.4 Å². The maximum atomic E-state index is 11.9. The lowest BCUT2D eigenvalue weighted by Crippen LogP contribution is -2.47. The van der Waals surface area contributed by atoms with Gasteiger partial charge in [0.25, 0.3) is 5.91 Å². The zero-order valence-corrected chi connectivity index (χ0v) is 12.2. The molecule has 1 unspecified atom stereocenters. The van der Waals surface area contributed by atoms with E-state index in [-0.39, 0.29) is 21.0 Å². The van der Waals surface area contributed by atoms with E-state index in [1.54, 1.807) is 0 Å². The zero-order chi connectivity index (χ0) is 13.7. The molecule has 1 aromatic heterocycles. The molecule has 2 amide bonds. The van der Waals surface area contributed by atoms with Gasteiger partial charge in [0.2, 0.25) is 5.91 Å². The van der Waals surface area contributed by atoms with E-state index in [0.29, 0.717) is 6.42 Å². The SMILES string of the molecule is CCCC(NC(C)=O)NC(=O)c1snc(Cl)c1Cl. The van der Waals surface area contributed by atoms with E-state index in [1.807, 2.05) is 6.92 Å². The number of carbonyl (C=O) groups is 2. The molecule has 0 aliphatic carbocycles. The van der Waals surface area contributed by atoms with Crippen LogP contribution in [0, 0.1) is 0 Å². The van der Waals surface area contributed by atoms with E-state index in [4.69, 9.17) is 23.2 Å². The molecule has 0 aromatic carbocycles. The lowest BCUT2D eigenvalue weighted by molar-refractivity contribution is -0.119. The normalized spacial score (nSPS) is 12.0. The standard InChI is InChI=1S/C10H13Cl2N3O2S/c1-3-4-6(13-5(2)16)14-10(17)8-7(11)9(12)15-18-8/h6H,3-4H2,1-2H3,(H,13,16)(H,14,17). The number of halogens is 2. The summed E-state index contributed by atoms with van der Waals surface area (Å²) in [6.45, 7) is 3.35. The second-order valence-corrected chi connectivity index (χ2v) is 5.14. The van der Waals surface area contributed by atoms with Gasteiger partial charge in [-0.15, -0.1) is 0 Å². The van der Waals surface area contributed by atoms with Gasteiger partial charge in [0.15, 0.2) is 5.15 Å². The highest BCUT2D eigenvalue weighted by molar-refractivity contribution is 7.09. The minimum absolute atomic E-state index is 0.110. The van der Waals surface area contributed by atoms with E-state index >= 15 is 0 Å². The molecule has 5 nitrogen and oxygen atoms in total. The predicted octanol–water partition coefficient (Wildman–Crippen LogP) is 2.44. The molecule has 0 bridgehead atoms. The molecule has 0 spiro atoms. The quantitative estimate of drug-likeness (QED) is 0.821. The van der Waals surface area contributed by atoms with E-state index in [2.05, 4.69) is 15.0 Å². The fraction of sp³-hybridized carbons (Fsp3) is 0.500. The van der Waals surface area contributed by atoms with E-state index in [1.165, 1.54) is 6.92 Å². The molecule has 100 valence electrons. The summed E-state index contributed by atoms with van der Waals surface area (Å²) in [4.78, 5) is 23.2. The average Bonchev–Trinajstić information content (AvgIpc) is 2.59. The first kappa shape index (κ1) is 15.2. The summed E-state index contributed by atoms with van der Waals surface area (Å²) in [7, 11) is 0. The monoisotopic (exact) mass is 309 g/mol. The highest BCUT2D eigenvalue weighted by Crippen LogP contribution is 2.28. The number of aromatic nitrogens is 1. The third kappa shape index (κ3) is 4.12. The minimum atomic E-state index is -0.419. The summed E-state index contributed by atoms with van der Waals surface area (Å²) in [6.07, 6.45) is 1.04. The summed E-state index contributed by atoms with van der Waals surface area (Å²) < 4.78 is 3.78. The maximum absolute atomic E-state index is 11.9. The predicted molar refractivity (Wildman–Crippen MR) is 72.1 cm³/mol. The van der Waals surface area contributed by atoms with Crippen molar-refractivity contribution >= 4 is 46.5 Å². The Kier molecular flexibility index (Phi) is 5.84. The first-order valence-electron chi connectivity index (χ1n) is 5.34. The van der Waals surface area contributed by atoms with E-state index in [9.17, 15) is 9.59 Å². The van der Waals surface area contributed by atoms with Crippen molar-refractivity contribution in [2.45, 2.75) is 32.9 Å². The lowest BCUT2D eigenvalue weighted by atomic mass is 10.2. The van der Waals surface area contributed by atoms with E-state index in [0.717, 1.165) is 18.0 Å². The molecule has 0 radical (unpaired) electrons. The highest BCUT2D eigenvalue weighted by atomic mass is 35.5. The van der Waals surface area contributed by atoms with Crippen LogP contribution in [-0.2, 0) is 4.79 Å². The lowest BCUT2D eigenvalue weighted by Gasteiger charge is -2.18. The Labute approximate surface area is 119 Å². The Morgan fingerprint density at radius 1 is 1.39 bits per heavy atom. The molecule has 18 heavy (non-hydrogen) atoms. The number of hydrogen-bond donors (Lipinski definition) is 2. The first-order chi connectivity index (χ1) is 8.45. The second kappa shape index (κ2) is 6.92. The van der Waals surface area contributed by atoms with Crippen LogP contribution in [0.15, 0.2) is 0 Å². The van der Waals surface area contributed by atoms with Crippen molar-refractivity contribution in [1.29, 1.82) is 0 Å². The van der Waals surface area contributed by atoms with Gasteiger partial charge in [-0.3, -0.25) is 9.59 Å². The Hall–Kier alpha value is -0.850. The van der Waals surface area contributed by atoms with Gasteiger partial charge in [0.1, 0.15) is 16.1 Å².